The van der Waals surface area contributed by atoms with Crippen LogP contribution < -0.4 is 10.6 Å². The molecule has 1 aromatic rings. The molecule has 0 aliphatic carbocycles. The van der Waals surface area contributed by atoms with Crippen molar-refractivity contribution in [3.63, 3.8) is 0 Å². The molecule has 0 spiro atoms. The maximum atomic E-state index is 5.77. The Morgan fingerprint density at radius 2 is 2.29 bits per heavy atom. The minimum absolute atomic E-state index is 0.276. The van der Waals surface area contributed by atoms with Gasteiger partial charge in [-0.1, -0.05) is 0 Å². The Morgan fingerprint density at radius 1 is 1.50 bits per heavy atom. The van der Waals surface area contributed by atoms with Gasteiger partial charge >= 0.3 is 0 Å². The summed E-state index contributed by atoms with van der Waals surface area (Å²) in [5.74, 6) is 0. The first kappa shape index (κ1) is 9.71. The molecule has 2 nitrogen and oxygen atoms in total. The Kier molecular flexibility index (Phi) is 2.59. The highest BCUT2D eigenvalue weighted by molar-refractivity contribution is 7.81. The third kappa shape index (κ3) is 1.69. The van der Waals surface area contributed by atoms with Gasteiger partial charge < -0.3 is 10.6 Å². The minimum atomic E-state index is 0.276. The lowest BCUT2D eigenvalue weighted by Crippen LogP contribution is -2.34. The van der Waals surface area contributed by atoms with Gasteiger partial charge in [-0.15, -0.1) is 0 Å². The zero-order chi connectivity index (χ0) is 10.1. The Labute approximate surface area is 90.5 Å². The van der Waals surface area contributed by atoms with Crippen LogP contribution in [0.5, 0.6) is 0 Å². The maximum absolute atomic E-state index is 5.77. The first-order valence-corrected chi connectivity index (χ1v) is 5.53. The van der Waals surface area contributed by atoms with Gasteiger partial charge in [0.2, 0.25) is 0 Å². The topological polar surface area (TPSA) is 29.3 Å². The monoisotopic (exact) mass is 208 g/mol. The van der Waals surface area contributed by atoms with Gasteiger partial charge in [-0.25, -0.2) is 0 Å². The Bertz CT molecular complexity index is 336. The number of hydrogen-bond acceptors (Lipinski definition) is 3. The summed E-state index contributed by atoms with van der Waals surface area (Å²) in [6.07, 6.45) is 2.33. The minimum Gasteiger partial charge on any atom is -0.399 e. The third-order valence-electron chi connectivity index (χ3n) is 2.71. The van der Waals surface area contributed by atoms with Gasteiger partial charge in [0.1, 0.15) is 0 Å². The number of aryl methyl sites for hydroxylation is 1. The number of thiol groups is 1. The van der Waals surface area contributed by atoms with Crippen LogP contribution in [0.25, 0.3) is 0 Å². The molecule has 0 saturated heterocycles. The van der Waals surface area contributed by atoms with E-state index in [1.807, 2.05) is 6.07 Å². The van der Waals surface area contributed by atoms with E-state index in [0.717, 1.165) is 18.7 Å². The molecule has 1 aliphatic heterocycles. The van der Waals surface area contributed by atoms with Crippen LogP contribution in [0.4, 0.5) is 11.4 Å². The summed E-state index contributed by atoms with van der Waals surface area (Å²) in [7, 11) is 0. The molecule has 14 heavy (non-hydrogen) atoms. The highest BCUT2D eigenvalue weighted by Crippen LogP contribution is 2.30. The zero-order valence-corrected chi connectivity index (χ0v) is 9.30. The van der Waals surface area contributed by atoms with Crippen LogP contribution in [0.3, 0.4) is 0 Å². The number of nitrogens with two attached hydrogens (primary N) is 1. The number of fused-ring (bicyclic) bond motifs is 1. The quantitative estimate of drug-likeness (QED) is 0.548. The average molecular weight is 208 g/mol. The summed E-state index contributed by atoms with van der Waals surface area (Å²) in [5.41, 5.74) is 9.28. The second kappa shape index (κ2) is 3.73. The highest BCUT2D eigenvalue weighted by atomic mass is 32.1. The van der Waals surface area contributed by atoms with Crippen LogP contribution in [-0.4, -0.2) is 11.9 Å². The summed E-state index contributed by atoms with van der Waals surface area (Å²) in [6, 6.07) is 6.15. The predicted octanol–water partition coefficient (Wildman–Crippen LogP) is 2.30. The van der Waals surface area contributed by atoms with Gasteiger partial charge in [0.15, 0.2) is 0 Å². The van der Waals surface area contributed by atoms with E-state index in [1.54, 1.807) is 0 Å². The predicted molar refractivity (Wildman–Crippen MR) is 65.0 cm³/mol. The molecule has 0 bridgehead atoms. The number of nitrogen functional groups attached to an aromatic ring is 1. The van der Waals surface area contributed by atoms with E-state index in [-0.39, 0.29) is 5.37 Å². The lowest BCUT2D eigenvalue weighted by Gasteiger charge is -2.34. The second-order valence-electron chi connectivity index (χ2n) is 3.82. The molecular formula is C11H16N2S. The van der Waals surface area contributed by atoms with Gasteiger partial charge in [0, 0.05) is 17.9 Å². The SMILES string of the molecule is CC(S)N1CCCc2cc(N)ccc21. The van der Waals surface area contributed by atoms with Crippen LogP contribution in [-0.2, 0) is 6.42 Å². The zero-order valence-electron chi connectivity index (χ0n) is 8.40. The van der Waals surface area contributed by atoms with Crippen molar-refractivity contribution in [2.45, 2.75) is 25.1 Å². The molecule has 2 N–H and O–H groups in total. The van der Waals surface area contributed by atoms with Gasteiger partial charge in [-0.2, -0.15) is 12.6 Å². The number of benzene rings is 1. The summed E-state index contributed by atoms with van der Waals surface area (Å²) < 4.78 is 0. The number of rotatable bonds is 1. The van der Waals surface area contributed by atoms with Crippen LogP contribution >= 0.6 is 12.6 Å². The molecule has 0 fully saturated rings. The molecule has 3 heteroatoms. The van der Waals surface area contributed by atoms with Crippen molar-refractivity contribution < 1.29 is 0 Å². The van der Waals surface area contributed by atoms with E-state index < -0.39 is 0 Å². The molecule has 0 amide bonds. The Balaban J connectivity index is 2.40. The van der Waals surface area contributed by atoms with E-state index in [9.17, 15) is 0 Å². The fourth-order valence-electron chi connectivity index (χ4n) is 2.03. The van der Waals surface area contributed by atoms with Gasteiger partial charge in [-0.3, -0.25) is 0 Å². The van der Waals surface area contributed by atoms with Crippen LogP contribution in [0.1, 0.15) is 18.9 Å². The van der Waals surface area contributed by atoms with Crippen molar-refractivity contribution in [2.24, 2.45) is 0 Å². The van der Waals surface area contributed by atoms with Crippen molar-refractivity contribution in [1.29, 1.82) is 0 Å². The first-order valence-electron chi connectivity index (χ1n) is 5.01. The van der Waals surface area contributed by atoms with E-state index in [1.165, 1.54) is 17.7 Å². The summed E-state index contributed by atoms with van der Waals surface area (Å²) in [6.45, 7) is 3.20. The summed E-state index contributed by atoms with van der Waals surface area (Å²) >= 11 is 4.49. The van der Waals surface area contributed by atoms with Gasteiger partial charge in [0.05, 0.1) is 5.37 Å². The van der Waals surface area contributed by atoms with E-state index >= 15 is 0 Å². The number of hydrogen-bond donors (Lipinski definition) is 2. The molecule has 1 unspecified atom stereocenters. The van der Waals surface area contributed by atoms with Crippen molar-refractivity contribution in [3.8, 4) is 0 Å². The largest absolute Gasteiger partial charge is 0.399 e. The smallest absolute Gasteiger partial charge is 0.0693 e. The van der Waals surface area contributed by atoms with Crippen molar-refractivity contribution in [1.82, 2.24) is 0 Å². The normalized spacial score (nSPS) is 17.7. The molecule has 1 heterocycles. The fourth-order valence-corrected chi connectivity index (χ4v) is 2.27. The lowest BCUT2D eigenvalue weighted by molar-refractivity contribution is 0.690. The molecule has 0 radical (unpaired) electrons. The molecule has 0 saturated carbocycles. The highest BCUT2D eigenvalue weighted by Gasteiger charge is 2.18. The van der Waals surface area contributed by atoms with Crippen LogP contribution in [0.2, 0.25) is 0 Å². The molecule has 1 atom stereocenters. The molecule has 2 rings (SSSR count). The molecule has 1 aromatic carbocycles. The number of nitrogens with zero attached hydrogens (tertiary/aromatic N) is 1. The molecular weight excluding hydrogens is 192 g/mol. The standard InChI is InChI=1S/C11H16N2S/c1-8(14)13-6-2-3-9-7-10(12)4-5-11(9)13/h4-5,7-8,14H,2-3,6,12H2,1H3. The molecule has 76 valence electrons. The number of anilines is 2. The van der Waals surface area contributed by atoms with Crippen molar-refractivity contribution in [3.05, 3.63) is 23.8 Å². The Hall–Kier alpha value is -0.830. The molecule has 0 aromatic heterocycles. The van der Waals surface area contributed by atoms with Crippen molar-refractivity contribution >= 4 is 24.0 Å². The average Bonchev–Trinajstić information content (AvgIpc) is 2.16. The fraction of sp³-hybridized carbons (Fsp3) is 0.455. The van der Waals surface area contributed by atoms with Crippen LogP contribution in [0, 0.1) is 0 Å². The lowest BCUT2D eigenvalue weighted by atomic mass is 10.0. The van der Waals surface area contributed by atoms with Gasteiger partial charge in [0.25, 0.3) is 0 Å². The third-order valence-corrected chi connectivity index (χ3v) is 2.99. The summed E-state index contributed by atoms with van der Waals surface area (Å²) in [5, 5.41) is 0.276. The first-order chi connectivity index (χ1) is 6.68. The van der Waals surface area contributed by atoms with Crippen molar-refractivity contribution in [2.75, 3.05) is 17.2 Å². The second-order valence-corrected chi connectivity index (χ2v) is 4.56. The summed E-state index contributed by atoms with van der Waals surface area (Å²) in [4.78, 5) is 2.32. The molecule has 1 aliphatic rings. The van der Waals surface area contributed by atoms with Gasteiger partial charge in [-0.05, 0) is 43.5 Å². The maximum Gasteiger partial charge on any atom is 0.0693 e. The van der Waals surface area contributed by atoms with E-state index in [4.69, 9.17) is 5.73 Å². The van der Waals surface area contributed by atoms with E-state index in [2.05, 4.69) is 36.6 Å². The Morgan fingerprint density at radius 3 is 3.00 bits per heavy atom. The van der Waals surface area contributed by atoms with E-state index in [0.29, 0.717) is 0 Å². The van der Waals surface area contributed by atoms with Crippen LogP contribution in [0.15, 0.2) is 18.2 Å².